The summed E-state index contributed by atoms with van der Waals surface area (Å²) in [5.74, 6) is 0.789. The summed E-state index contributed by atoms with van der Waals surface area (Å²) in [6, 6.07) is 18.4. The first kappa shape index (κ1) is 18.8. The summed E-state index contributed by atoms with van der Waals surface area (Å²) in [6.07, 6.45) is 0. The number of hydrogen-bond acceptors (Lipinski definition) is 6. The van der Waals surface area contributed by atoms with Gasteiger partial charge in [0.15, 0.2) is 5.16 Å². The number of fused-ring (bicyclic) bond motifs is 1. The Labute approximate surface area is 170 Å². The smallest absolute Gasteiger partial charge is 0.273 e. The van der Waals surface area contributed by atoms with Crippen LogP contribution in [-0.4, -0.2) is 25.5 Å². The molecule has 0 aliphatic carbocycles. The van der Waals surface area contributed by atoms with E-state index in [0.29, 0.717) is 0 Å². The molecular weight excluding hydrogens is 394 g/mol. The van der Waals surface area contributed by atoms with Crippen LogP contribution in [0.5, 0.6) is 0 Å². The molecule has 0 saturated heterocycles. The first-order chi connectivity index (χ1) is 13.5. The Morgan fingerprint density at radius 3 is 2.57 bits per heavy atom. The van der Waals surface area contributed by atoms with E-state index in [1.807, 2.05) is 25.1 Å². The lowest BCUT2D eigenvalue weighted by Crippen LogP contribution is -2.33. The molecule has 0 bridgehead atoms. The van der Waals surface area contributed by atoms with Gasteiger partial charge >= 0.3 is 0 Å². The van der Waals surface area contributed by atoms with Crippen molar-refractivity contribution in [1.29, 1.82) is 0 Å². The van der Waals surface area contributed by atoms with Crippen LogP contribution in [0.15, 0.2) is 75.5 Å². The van der Waals surface area contributed by atoms with Gasteiger partial charge in [0.25, 0.3) is 11.2 Å². The van der Waals surface area contributed by atoms with Crippen LogP contribution >= 0.6 is 23.5 Å². The van der Waals surface area contributed by atoms with Crippen molar-refractivity contribution in [3.8, 4) is 0 Å². The molecule has 0 N–H and O–H groups in total. The third kappa shape index (κ3) is 3.70. The van der Waals surface area contributed by atoms with Crippen LogP contribution in [0.2, 0.25) is 0 Å². The topological polar surface area (TPSA) is 78.0 Å². The van der Waals surface area contributed by atoms with Gasteiger partial charge in [-0.2, -0.15) is 4.98 Å². The largest absolute Gasteiger partial charge is 0.316 e. The average molecular weight is 412 g/mol. The predicted octanol–water partition coefficient (Wildman–Crippen LogP) is 4.32. The second kappa shape index (κ2) is 7.81. The summed E-state index contributed by atoms with van der Waals surface area (Å²) in [4.78, 5) is 27.6. The third-order valence-corrected chi connectivity index (χ3v) is 7.16. The zero-order valence-electron chi connectivity index (χ0n) is 15.0. The summed E-state index contributed by atoms with van der Waals surface area (Å²) in [5.41, 5.74) is 1.90. The lowest BCUT2D eigenvalue weighted by Gasteiger charge is -2.35. The van der Waals surface area contributed by atoms with E-state index in [1.165, 1.54) is 12.1 Å². The number of nitro benzene ring substituents is 1. The summed E-state index contributed by atoms with van der Waals surface area (Å²) in [7, 11) is 0. The maximum atomic E-state index is 11.9. The van der Waals surface area contributed by atoms with E-state index in [2.05, 4.69) is 21.7 Å². The summed E-state index contributed by atoms with van der Waals surface area (Å²) in [6.45, 7) is 1.93. The van der Waals surface area contributed by atoms with Gasteiger partial charge < -0.3 is 4.57 Å². The summed E-state index contributed by atoms with van der Waals surface area (Å²) >= 11 is 3.27. The first-order valence-electron chi connectivity index (χ1n) is 8.72. The maximum Gasteiger partial charge on any atom is 0.273 e. The highest BCUT2D eigenvalue weighted by Gasteiger charge is 2.33. The molecule has 1 aromatic heterocycles. The van der Waals surface area contributed by atoms with E-state index in [-0.39, 0.29) is 27.5 Å². The second-order valence-electron chi connectivity index (χ2n) is 6.46. The fraction of sp³-hybridized carbons (Fsp3) is 0.200. The Bertz CT molecular complexity index is 1070. The van der Waals surface area contributed by atoms with Crippen LogP contribution in [0.4, 0.5) is 5.69 Å². The fourth-order valence-corrected chi connectivity index (χ4v) is 5.94. The van der Waals surface area contributed by atoms with E-state index in [1.54, 1.807) is 41.7 Å². The Balaban J connectivity index is 1.74. The van der Waals surface area contributed by atoms with E-state index in [0.717, 1.165) is 27.1 Å². The van der Waals surface area contributed by atoms with Gasteiger partial charge in [0.1, 0.15) is 0 Å². The van der Waals surface area contributed by atoms with Crippen LogP contribution in [0.3, 0.4) is 0 Å². The number of rotatable bonds is 4. The minimum Gasteiger partial charge on any atom is -0.316 e. The van der Waals surface area contributed by atoms with E-state index in [9.17, 15) is 14.9 Å². The molecule has 1 aliphatic heterocycles. The molecule has 8 heteroatoms. The van der Waals surface area contributed by atoms with Crippen LogP contribution in [-0.2, 0) is 0 Å². The molecule has 0 radical (unpaired) electrons. The molecule has 0 fully saturated rings. The zero-order valence-corrected chi connectivity index (χ0v) is 16.7. The Kier molecular flexibility index (Phi) is 5.23. The lowest BCUT2D eigenvalue weighted by molar-refractivity contribution is -0.384. The highest BCUT2D eigenvalue weighted by molar-refractivity contribution is 8.03. The van der Waals surface area contributed by atoms with Crippen molar-refractivity contribution in [1.82, 2.24) is 9.55 Å². The standard InChI is InChI=1S/C20H17N3O3S2/c1-13-11-18(24)21-20-22(13)19(14-5-3-2-4-6-14)17(12-27-20)28-16-9-7-15(8-10-16)23(25)26/h2-11,17,19H,12H2,1H3. The number of hydrogen-bond donors (Lipinski definition) is 0. The molecule has 2 atom stereocenters. The molecule has 4 rings (SSSR count). The van der Waals surface area contributed by atoms with Crippen molar-refractivity contribution in [3.63, 3.8) is 0 Å². The van der Waals surface area contributed by atoms with Crippen LogP contribution in [0, 0.1) is 17.0 Å². The molecule has 1 aliphatic rings. The van der Waals surface area contributed by atoms with Crippen molar-refractivity contribution in [3.05, 3.63) is 92.4 Å². The van der Waals surface area contributed by atoms with Gasteiger partial charge in [0.2, 0.25) is 0 Å². The van der Waals surface area contributed by atoms with Crippen molar-refractivity contribution in [2.24, 2.45) is 0 Å². The number of nitrogens with zero attached hydrogens (tertiary/aromatic N) is 3. The fourth-order valence-electron chi connectivity index (χ4n) is 3.37. The molecule has 2 unspecified atom stereocenters. The number of thioether (sulfide) groups is 2. The Hall–Kier alpha value is -2.58. The number of non-ortho nitro benzene ring substituents is 1. The predicted molar refractivity (Wildman–Crippen MR) is 111 cm³/mol. The van der Waals surface area contributed by atoms with E-state index >= 15 is 0 Å². The van der Waals surface area contributed by atoms with Crippen LogP contribution in [0.25, 0.3) is 0 Å². The minimum atomic E-state index is -0.390. The number of benzene rings is 2. The highest BCUT2D eigenvalue weighted by Crippen LogP contribution is 2.43. The molecule has 0 spiro atoms. The van der Waals surface area contributed by atoms with Crippen LogP contribution in [0.1, 0.15) is 17.3 Å². The van der Waals surface area contributed by atoms with Gasteiger partial charge in [-0.3, -0.25) is 14.9 Å². The molecule has 142 valence electrons. The van der Waals surface area contributed by atoms with Crippen molar-refractivity contribution in [2.75, 3.05) is 5.75 Å². The lowest BCUT2D eigenvalue weighted by atomic mass is 10.0. The number of nitro groups is 1. The summed E-state index contributed by atoms with van der Waals surface area (Å²) < 4.78 is 2.13. The zero-order chi connectivity index (χ0) is 19.7. The number of aromatic nitrogens is 2. The highest BCUT2D eigenvalue weighted by atomic mass is 32.2. The Morgan fingerprint density at radius 1 is 1.18 bits per heavy atom. The molecular formula is C20H17N3O3S2. The SMILES string of the molecule is Cc1cc(=O)nc2n1C(c1ccccc1)C(Sc1ccc([N+](=O)[O-])cc1)CS2. The molecule has 0 saturated carbocycles. The minimum absolute atomic E-state index is 0.0192. The van der Waals surface area contributed by atoms with Gasteiger partial charge in [-0.25, -0.2) is 0 Å². The quantitative estimate of drug-likeness (QED) is 0.362. The van der Waals surface area contributed by atoms with Crippen molar-refractivity contribution in [2.45, 2.75) is 28.3 Å². The third-order valence-electron chi connectivity index (χ3n) is 4.61. The first-order valence-corrected chi connectivity index (χ1v) is 10.6. The normalized spacial score (nSPS) is 18.5. The van der Waals surface area contributed by atoms with E-state index < -0.39 is 0 Å². The van der Waals surface area contributed by atoms with E-state index in [4.69, 9.17) is 0 Å². The van der Waals surface area contributed by atoms with Crippen LogP contribution < -0.4 is 5.56 Å². The second-order valence-corrected chi connectivity index (χ2v) is 8.76. The average Bonchev–Trinajstić information content (AvgIpc) is 2.69. The van der Waals surface area contributed by atoms with Crippen molar-refractivity contribution >= 4 is 29.2 Å². The van der Waals surface area contributed by atoms with Gasteiger partial charge in [-0.15, -0.1) is 11.8 Å². The van der Waals surface area contributed by atoms with Crippen molar-refractivity contribution < 1.29 is 4.92 Å². The molecule has 2 aromatic carbocycles. The monoisotopic (exact) mass is 411 g/mol. The van der Waals surface area contributed by atoms with Gasteiger partial charge in [-0.05, 0) is 24.6 Å². The van der Waals surface area contributed by atoms with Gasteiger partial charge in [0.05, 0.1) is 11.0 Å². The molecule has 2 heterocycles. The molecule has 3 aromatic rings. The number of aryl methyl sites for hydroxylation is 1. The molecule has 6 nitrogen and oxygen atoms in total. The molecule has 28 heavy (non-hydrogen) atoms. The summed E-state index contributed by atoms with van der Waals surface area (Å²) in [5, 5.41) is 11.8. The van der Waals surface area contributed by atoms with Gasteiger partial charge in [-0.1, -0.05) is 42.1 Å². The van der Waals surface area contributed by atoms with Gasteiger partial charge in [0, 0.05) is 39.8 Å². The Morgan fingerprint density at radius 2 is 1.89 bits per heavy atom. The maximum absolute atomic E-state index is 11.9. The molecule has 0 amide bonds.